The maximum atomic E-state index is 5.92. The van der Waals surface area contributed by atoms with E-state index in [9.17, 15) is 0 Å². The first-order valence-electron chi connectivity index (χ1n) is 8.77. The van der Waals surface area contributed by atoms with Crippen molar-refractivity contribution in [3.8, 4) is 0 Å². The van der Waals surface area contributed by atoms with E-state index >= 15 is 0 Å². The summed E-state index contributed by atoms with van der Waals surface area (Å²) in [5.41, 5.74) is 3.89. The minimum atomic E-state index is 0.290. The molecule has 1 N–H and O–H groups in total. The Morgan fingerprint density at radius 1 is 0.960 bits per heavy atom. The number of hydrogen-bond donors (Lipinski definition) is 1. The molecule has 3 aromatic rings. The molecule has 0 fully saturated rings. The molecule has 3 heteroatoms. The second-order valence-electron chi connectivity index (χ2n) is 6.39. The molecule has 0 amide bonds. The lowest BCUT2D eigenvalue weighted by Crippen LogP contribution is -2.20. The number of halogens is 1. The number of benzene rings is 2. The highest BCUT2D eigenvalue weighted by atomic mass is 35.5. The first kappa shape index (κ1) is 17.8. The molecule has 130 valence electrons. The molecule has 0 aliphatic rings. The molecular formula is C22H24ClNO. The lowest BCUT2D eigenvalue weighted by molar-refractivity contribution is 0.467. The smallest absolute Gasteiger partial charge is 0.111 e. The van der Waals surface area contributed by atoms with E-state index < -0.39 is 0 Å². The standard InChI is InChI=1S/C22H24ClNO/c1-17-4-8-19(9-5-17)21(22-3-2-16-25-22)13-15-24-14-12-18-6-10-20(23)11-7-18/h2-11,16,21,24H,12-15H2,1H3/t21-/m0/s1. The lowest BCUT2D eigenvalue weighted by atomic mass is 9.92. The van der Waals surface area contributed by atoms with Crippen molar-refractivity contribution in [3.05, 3.63) is 94.4 Å². The molecule has 0 bridgehead atoms. The highest BCUT2D eigenvalue weighted by Gasteiger charge is 2.16. The molecular weight excluding hydrogens is 330 g/mol. The lowest BCUT2D eigenvalue weighted by Gasteiger charge is -2.16. The van der Waals surface area contributed by atoms with Crippen LogP contribution in [0.5, 0.6) is 0 Å². The number of aryl methyl sites for hydroxylation is 1. The summed E-state index contributed by atoms with van der Waals surface area (Å²) < 4.78 is 5.68. The normalized spacial score (nSPS) is 12.2. The molecule has 0 saturated heterocycles. The van der Waals surface area contributed by atoms with Gasteiger partial charge in [0.15, 0.2) is 0 Å². The van der Waals surface area contributed by atoms with Gasteiger partial charge in [0.25, 0.3) is 0 Å². The topological polar surface area (TPSA) is 25.2 Å². The average Bonchev–Trinajstić information content (AvgIpc) is 3.15. The molecule has 0 aliphatic carbocycles. The summed E-state index contributed by atoms with van der Waals surface area (Å²) in [4.78, 5) is 0. The first-order valence-corrected chi connectivity index (χ1v) is 9.15. The van der Waals surface area contributed by atoms with Crippen LogP contribution < -0.4 is 5.32 Å². The van der Waals surface area contributed by atoms with Gasteiger partial charge in [0.2, 0.25) is 0 Å². The predicted molar refractivity (Wildman–Crippen MR) is 104 cm³/mol. The van der Waals surface area contributed by atoms with Crippen molar-refractivity contribution in [1.29, 1.82) is 0 Å². The van der Waals surface area contributed by atoms with E-state index in [1.165, 1.54) is 16.7 Å². The summed E-state index contributed by atoms with van der Waals surface area (Å²) in [6, 6.07) is 20.8. The van der Waals surface area contributed by atoms with Crippen LogP contribution in [-0.2, 0) is 6.42 Å². The molecule has 0 radical (unpaired) electrons. The van der Waals surface area contributed by atoms with E-state index in [0.29, 0.717) is 5.92 Å². The van der Waals surface area contributed by atoms with Gasteiger partial charge in [-0.05, 0) is 68.2 Å². The molecule has 2 nitrogen and oxygen atoms in total. The van der Waals surface area contributed by atoms with E-state index in [0.717, 1.165) is 36.7 Å². The number of hydrogen-bond acceptors (Lipinski definition) is 2. The number of nitrogens with one attached hydrogen (secondary N) is 1. The van der Waals surface area contributed by atoms with Gasteiger partial charge in [0.05, 0.1) is 6.26 Å². The third-order valence-electron chi connectivity index (χ3n) is 4.48. The van der Waals surface area contributed by atoms with Crippen molar-refractivity contribution in [1.82, 2.24) is 5.32 Å². The van der Waals surface area contributed by atoms with Crippen molar-refractivity contribution < 1.29 is 4.42 Å². The Bertz CT molecular complexity index is 748. The highest BCUT2D eigenvalue weighted by Crippen LogP contribution is 2.28. The van der Waals surface area contributed by atoms with Crippen molar-refractivity contribution in [2.24, 2.45) is 0 Å². The zero-order valence-electron chi connectivity index (χ0n) is 14.5. The maximum absolute atomic E-state index is 5.92. The van der Waals surface area contributed by atoms with Crippen LogP contribution in [0.1, 0.15) is 34.8 Å². The van der Waals surface area contributed by atoms with E-state index in [2.05, 4.69) is 54.7 Å². The average molecular weight is 354 g/mol. The monoisotopic (exact) mass is 353 g/mol. The Balaban J connectivity index is 1.52. The molecule has 1 heterocycles. The van der Waals surface area contributed by atoms with Gasteiger partial charge in [-0.2, -0.15) is 0 Å². The summed E-state index contributed by atoms with van der Waals surface area (Å²) in [6.45, 7) is 4.03. The Hall–Kier alpha value is -2.03. The van der Waals surface area contributed by atoms with Gasteiger partial charge in [-0.3, -0.25) is 0 Å². The second-order valence-corrected chi connectivity index (χ2v) is 6.83. The number of furan rings is 1. The van der Waals surface area contributed by atoms with Crippen LogP contribution in [0, 0.1) is 6.92 Å². The summed E-state index contributed by atoms with van der Waals surface area (Å²) in [7, 11) is 0. The van der Waals surface area contributed by atoms with Crippen LogP contribution in [0.4, 0.5) is 0 Å². The van der Waals surface area contributed by atoms with Crippen LogP contribution in [0.2, 0.25) is 5.02 Å². The third kappa shape index (κ3) is 5.22. The molecule has 0 saturated carbocycles. The van der Waals surface area contributed by atoms with Crippen LogP contribution in [0.25, 0.3) is 0 Å². The van der Waals surface area contributed by atoms with Crippen LogP contribution >= 0.6 is 11.6 Å². The first-order chi connectivity index (χ1) is 12.2. The summed E-state index contributed by atoms with van der Waals surface area (Å²) in [5, 5.41) is 4.34. The van der Waals surface area contributed by atoms with Crippen molar-refractivity contribution in [2.75, 3.05) is 13.1 Å². The van der Waals surface area contributed by atoms with Crippen molar-refractivity contribution in [3.63, 3.8) is 0 Å². The Morgan fingerprint density at radius 3 is 2.40 bits per heavy atom. The fourth-order valence-electron chi connectivity index (χ4n) is 3.02. The summed E-state index contributed by atoms with van der Waals surface area (Å²) in [5.74, 6) is 1.32. The molecule has 1 aromatic heterocycles. The van der Waals surface area contributed by atoms with Gasteiger partial charge in [-0.15, -0.1) is 0 Å². The maximum Gasteiger partial charge on any atom is 0.111 e. The Morgan fingerprint density at radius 2 is 1.72 bits per heavy atom. The van der Waals surface area contributed by atoms with E-state index in [-0.39, 0.29) is 0 Å². The van der Waals surface area contributed by atoms with Crippen LogP contribution in [0.3, 0.4) is 0 Å². The third-order valence-corrected chi connectivity index (χ3v) is 4.73. The minimum absolute atomic E-state index is 0.290. The summed E-state index contributed by atoms with van der Waals surface area (Å²) in [6.07, 6.45) is 3.77. The van der Waals surface area contributed by atoms with Crippen LogP contribution in [-0.4, -0.2) is 13.1 Å². The van der Waals surface area contributed by atoms with E-state index in [1.807, 2.05) is 18.2 Å². The van der Waals surface area contributed by atoms with Crippen molar-refractivity contribution in [2.45, 2.75) is 25.7 Å². The SMILES string of the molecule is Cc1ccc([C@H](CCNCCc2ccc(Cl)cc2)c2ccco2)cc1. The molecule has 0 aliphatic heterocycles. The van der Waals surface area contributed by atoms with Gasteiger partial charge in [-0.1, -0.05) is 53.6 Å². The zero-order valence-corrected chi connectivity index (χ0v) is 15.3. The van der Waals surface area contributed by atoms with Gasteiger partial charge < -0.3 is 9.73 Å². The fourth-order valence-corrected chi connectivity index (χ4v) is 3.14. The fraction of sp³-hybridized carbons (Fsp3) is 0.273. The van der Waals surface area contributed by atoms with Crippen molar-refractivity contribution >= 4 is 11.6 Å². The predicted octanol–water partition coefficient (Wildman–Crippen LogP) is 5.60. The molecule has 2 aromatic carbocycles. The molecule has 25 heavy (non-hydrogen) atoms. The van der Waals surface area contributed by atoms with E-state index in [4.69, 9.17) is 16.0 Å². The number of rotatable bonds is 8. The second kappa shape index (κ2) is 8.89. The Labute approximate surface area is 154 Å². The van der Waals surface area contributed by atoms with Gasteiger partial charge in [-0.25, -0.2) is 0 Å². The molecule has 0 unspecified atom stereocenters. The van der Waals surface area contributed by atoms with Gasteiger partial charge in [0, 0.05) is 10.9 Å². The minimum Gasteiger partial charge on any atom is -0.469 e. The van der Waals surface area contributed by atoms with E-state index in [1.54, 1.807) is 6.26 Å². The molecule has 3 rings (SSSR count). The summed E-state index contributed by atoms with van der Waals surface area (Å²) >= 11 is 5.92. The molecule has 1 atom stereocenters. The highest BCUT2D eigenvalue weighted by molar-refractivity contribution is 6.30. The molecule has 0 spiro atoms. The van der Waals surface area contributed by atoms with Crippen LogP contribution in [0.15, 0.2) is 71.3 Å². The zero-order chi connectivity index (χ0) is 17.5. The quantitative estimate of drug-likeness (QED) is 0.533. The largest absolute Gasteiger partial charge is 0.469 e. The Kier molecular flexibility index (Phi) is 6.32. The van der Waals surface area contributed by atoms with Gasteiger partial charge in [0.1, 0.15) is 5.76 Å². The van der Waals surface area contributed by atoms with Gasteiger partial charge >= 0.3 is 0 Å².